The highest BCUT2D eigenvalue weighted by Crippen LogP contribution is 2.37. The van der Waals surface area contributed by atoms with Crippen molar-refractivity contribution in [3.8, 4) is 0 Å². The van der Waals surface area contributed by atoms with Crippen molar-refractivity contribution in [1.29, 1.82) is 0 Å². The fraction of sp³-hybridized carbons (Fsp3) is 0.657. The van der Waals surface area contributed by atoms with Crippen LogP contribution in [-0.2, 0) is 70.5 Å². The van der Waals surface area contributed by atoms with Crippen LogP contribution in [0.3, 0.4) is 0 Å². The Kier molecular flexibility index (Phi) is 27.2. The summed E-state index contributed by atoms with van der Waals surface area (Å²) in [5.74, 6) is -7.90. The number of nitrogens with one attached hydrogen (secondary N) is 2. The fourth-order valence-electron chi connectivity index (χ4n) is 13.8. The van der Waals surface area contributed by atoms with Crippen molar-refractivity contribution < 1.29 is 67.4 Å². The van der Waals surface area contributed by atoms with E-state index in [1.165, 1.54) is 88.4 Å². The molecule has 95 heavy (non-hydrogen) atoms. The first-order valence-electron chi connectivity index (χ1n) is 33.9. The molecular weight excluding hydrogens is 1220 g/mol. The van der Waals surface area contributed by atoms with Crippen LogP contribution >= 0.6 is 0 Å². The Bertz CT molecular complexity index is 3060. The Morgan fingerprint density at radius 2 is 1.28 bits per heavy atom. The molecule has 3 N–H and O–H groups in total. The van der Waals surface area contributed by atoms with E-state index in [-0.39, 0.29) is 50.8 Å². The molecule has 9 atom stereocenters. The zero-order valence-electron chi connectivity index (χ0n) is 58.5. The summed E-state index contributed by atoms with van der Waals surface area (Å²) in [5.41, 5.74) is 1.13. The standard InChI is InChI=1S/C70H105N11O14/c1-15-46(6)58(66(91)75(11)47(7)62(87)80-38-34-52(80)65(90)79(16-2)55(64(89)74(10)42-57(83)84)40-48-32-30-45(5)31-33-48)71-60(85)53(39-44(3)4)76(12)56(82)41-54(63(88)73(8)9)77(13)67(92)59(50-27-20-21-28-50)78(14)68(93)70(35-22-23-36-70)72-61(86)51-29-24-37-81(51)69(94)95-43-49-25-18-17-19-26-49/h17-19,25-26,30-33,44,46-47,50-55,58-59H,15-16,20-24,27-29,34-43H2,1-14H3,(H,71,85)(H,72,86)(H,83,84)/t46-,47-,51-,52-,53-,54-,55-,58-,59-/m0/s1. The van der Waals surface area contributed by atoms with Crippen LogP contribution in [0.25, 0.3) is 0 Å². The highest BCUT2D eigenvalue weighted by Gasteiger charge is 2.52. The van der Waals surface area contributed by atoms with E-state index >= 15 is 9.59 Å². The van der Waals surface area contributed by atoms with Gasteiger partial charge in [0.05, 0.1) is 6.42 Å². The van der Waals surface area contributed by atoms with Gasteiger partial charge in [0.15, 0.2) is 0 Å². The molecule has 2 aliphatic heterocycles. The predicted molar refractivity (Wildman–Crippen MR) is 355 cm³/mol. The third-order valence-electron chi connectivity index (χ3n) is 20.1. The van der Waals surface area contributed by atoms with Gasteiger partial charge < -0.3 is 59.7 Å². The van der Waals surface area contributed by atoms with Crippen LogP contribution in [0.1, 0.15) is 148 Å². The van der Waals surface area contributed by atoms with Crippen molar-refractivity contribution in [3.05, 3.63) is 71.3 Å². The molecule has 2 aromatic rings. The molecule has 2 saturated carbocycles. The number of hydrogen-bond acceptors (Lipinski definition) is 13. The van der Waals surface area contributed by atoms with E-state index in [1.807, 2.05) is 82.3 Å². The van der Waals surface area contributed by atoms with Crippen LogP contribution in [0.2, 0.25) is 0 Å². The molecule has 2 saturated heterocycles. The molecule has 0 aromatic heterocycles. The fourth-order valence-corrected chi connectivity index (χ4v) is 13.8. The number of nitrogens with zero attached hydrogens (tertiary/aromatic N) is 9. The van der Waals surface area contributed by atoms with Crippen molar-refractivity contribution in [2.24, 2.45) is 17.8 Å². The summed E-state index contributed by atoms with van der Waals surface area (Å²) >= 11 is 0. The number of likely N-dealkylation sites (tertiary alicyclic amines) is 2. The van der Waals surface area contributed by atoms with Gasteiger partial charge in [-0.2, -0.15) is 0 Å². The first-order chi connectivity index (χ1) is 44.9. The molecular formula is C70H105N11O14. The molecule has 524 valence electrons. The summed E-state index contributed by atoms with van der Waals surface area (Å²) < 4.78 is 5.62. The van der Waals surface area contributed by atoms with Crippen molar-refractivity contribution >= 4 is 71.1 Å². The van der Waals surface area contributed by atoms with E-state index in [2.05, 4.69) is 10.6 Å². The normalized spacial score (nSPS) is 18.9. The van der Waals surface area contributed by atoms with Crippen LogP contribution in [0.4, 0.5) is 4.79 Å². The summed E-state index contributed by atoms with van der Waals surface area (Å²) in [6.07, 6.45) is 5.26. The lowest BCUT2D eigenvalue weighted by molar-refractivity contribution is -0.161. The molecule has 4 aliphatic rings. The SMILES string of the molecule is CC[C@H](C)[C@H](NC(=O)[C@H](CC(C)C)N(C)C(=O)C[C@@H](C(=O)N(C)C)N(C)C(=O)[C@H](C1CCCC1)N(C)C(=O)C1(NC(=O)[C@@H]2CCCN2C(=O)OCc2ccccc2)CCCC1)C(=O)N(C)[C@@H](C)C(=O)N1CC[C@H]1C(=O)N(CC)[C@@H](Cc1ccc(C)cc1)C(=O)N(C)CC(=O)O. The quantitative estimate of drug-likeness (QED) is 0.0956. The minimum Gasteiger partial charge on any atom is -0.480 e. The Morgan fingerprint density at radius 3 is 1.84 bits per heavy atom. The minimum absolute atomic E-state index is 0.0258. The summed E-state index contributed by atoms with van der Waals surface area (Å²) in [6.45, 7) is 12.5. The summed E-state index contributed by atoms with van der Waals surface area (Å²) in [4.78, 5) is 183. The van der Waals surface area contributed by atoms with Crippen LogP contribution in [0, 0.1) is 24.7 Å². The zero-order chi connectivity index (χ0) is 70.3. The van der Waals surface area contributed by atoms with Crippen LogP contribution < -0.4 is 10.6 Å². The maximum absolute atomic E-state index is 15.4. The number of rotatable bonds is 30. The lowest BCUT2D eigenvalue weighted by atomic mass is 9.90. The second-order valence-electron chi connectivity index (χ2n) is 27.4. The third-order valence-corrected chi connectivity index (χ3v) is 20.1. The number of aryl methyl sites for hydroxylation is 1. The molecule has 2 heterocycles. The van der Waals surface area contributed by atoms with Crippen molar-refractivity contribution in [1.82, 2.24) is 54.7 Å². The van der Waals surface area contributed by atoms with Crippen LogP contribution in [0.5, 0.6) is 0 Å². The summed E-state index contributed by atoms with van der Waals surface area (Å²) in [7, 11) is 10.2. The second-order valence-corrected chi connectivity index (χ2v) is 27.4. The Morgan fingerprint density at radius 1 is 0.653 bits per heavy atom. The van der Waals surface area contributed by atoms with Gasteiger partial charge in [-0.05, 0) is 101 Å². The van der Waals surface area contributed by atoms with Crippen molar-refractivity contribution in [3.63, 3.8) is 0 Å². The number of hydrogen-bond donors (Lipinski definition) is 3. The molecule has 11 amide bonds. The Balaban J connectivity index is 1.17. The highest BCUT2D eigenvalue weighted by molar-refractivity contribution is 6.00. The Hall–Kier alpha value is -8.12. The van der Waals surface area contributed by atoms with Gasteiger partial charge in [-0.3, -0.25) is 57.6 Å². The molecule has 4 fully saturated rings. The van der Waals surface area contributed by atoms with E-state index in [4.69, 9.17) is 4.74 Å². The number of benzene rings is 2. The zero-order valence-corrected chi connectivity index (χ0v) is 58.5. The van der Waals surface area contributed by atoms with Crippen LogP contribution in [-0.4, -0.2) is 250 Å². The van der Waals surface area contributed by atoms with Gasteiger partial charge in [-0.1, -0.05) is 120 Å². The van der Waals surface area contributed by atoms with Crippen LogP contribution in [0.15, 0.2) is 54.6 Å². The van der Waals surface area contributed by atoms with Gasteiger partial charge in [0.2, 0.25) is 59.1 Å². The van der Waals surface area contributed by atoms with Gasteiger partial charge in [0, 0.05) is 75.4 Å². The summed E-state index contributed by atoms with van der Waals surface area (Å²) in [5, 5.41) is 15.5. The highest BCUT2D eigenvalue weighted by atomic mass is 16.6. The monoisotopic (exact) mass is 1320 g/mol. The summed E-state index contributed by atoms with van der Waals surface area (Å²) in [6, 6.07) is 7.65. The number of carbonyl (C=O) groups is 12. The largest absolute Gasteiger partial charge is 0.480 e. The van der Waals surface area contributed by atoms with E-state index in [1.54, 1.807) is 20.9 Å². The van der Waals surface area contributed by atoms with Crippen molar-refractivity contribution in [2.75, 3.05) is 75.5 Å². The van der Waals surface area contributed by atoms with Gasteiger partial charge in [0.1, 0.15) is 67.0 Å². The van der Waals surface area contributed by atoms with Gasteiger partial charge in [-0.15, -0.1) is 0 Å². The van der Waals surface area contributed by atoms with E-state index in [0.717, 1.165) is 34.4 Å². The molecule has 6 rings (SSSR count). The van der Waals surface area contributed by atoms with Gasteiger partial charge in [0.25, 0.3) is 0 Å². The second kappa shape index (κ2) is 34.0. The molecule has 2 aromatic carbocycles. The lowest BCUT2D eigenvalue weighted by Crippen LogP contribution is -2.65. The minimum atomic E-state index is -1.40. The molecule has 0 bridgehead atoms. The van der Waals surface area contributed by atoms with E-state index in [9.17, 15) is 53.1 Å². The predicted octanol–water partition coefficient (Wildman–Crippen LogP) is 4.70. The maximum atomic E-state index is 15.4. The molecule has 25 heteroatoms. The molecule has 0 radical (unpaired) electrons. The van der Waals surface area contributed by atoms with Gasteiger partial charge >= 0.3 is 12.1 Å². The number of aliphatic carboxylic acids is 1. The van der Waals surface area contributed by atoms with Gasteiger partial charge in [-0.25, -0.2) is 4.79 Å². The number of likely N-dealkylation sites (N-methyl/N-ethyl adjacent to an activating group) is 7. The number of carboxylic acids is 1. The smallest absolute Gasteiger partial charge is 0.410 e. The first kappa shape index (κ1) is 75.9. The maximum Gasteiger partial charge on any atom is 0.410 e. The average molecular weight is 1320 g/mol. The number of ether oxygens (including phenoxy) is 1. The van der Waals surface area contributed by atoms with E-state index < -0.39 is 144 Å². The number of carbonyl (C=O) groups excluding carboxylic acids is 11. The van der Waals surface area contributed by atoms with Crippen molar-refractivity contribution in [2.45, 2.75) is 205 Å². The first-order valence-corrected chi connectivity index (χ1v) is 33.9. The molecule has 0 unspecified atom stereocenters. The average Bonchev–Trinajstić information content (AvgIpc) is 1.77. The molecule has 0 spiro atoms. The topological polar surface area (TPSA) is 288 Å². The number of carboxylic acid groups (broad SMARTS) is 1. The number of amides is 11. The Labute approximate surface area is 560 Å². The van der Waals surface area contributed by atoms with E-state index in [0.29, 0.717) is 64.3 Å². The third kappa shape index (κ3) is 18.5. The molecule has 25 nitrogen and oxygen atoms in total. The lowest BCUT2D eigenvalue weighted by Gasteiger charge is -2.45. The molecule has 2 aliphatic carbocycles.